The van der Waals surface area contributed by atoms with E-state index in [0.29, 0.717) is 51.8 Å². The van der Waals surface area contributed by atoms with Crippen LogP contribution in [0.4, 0.5) is 4.79 Å². The number of benzene rings is 2. The zero-order valence-electron chi connectivity index (χ0n) is 15.9. The zero-order valence-corrected chi connectivity index (χ0v) is 18.2. The molecule has 2 aromatic rings. The van der Waals surface area contributed by atoms with Gasteiger partial charge in [0.25, 0.3) is 11.1 Å². The Morgan fingerprint density at radius 2 is 1.79 bits per heavy atom. The monoisotopic (exact) mass is 451 g/mol. The molecular formula is C21H19Cl2NO4S. The fraction of sp³-hybridized carbons (Fsp3) is 0.238. The summed E-state index contributed by atoms with van der Waals surface area (Å²) in [5.74, 6) is 0.580. The summed E-state index contributed by atoms with van der Waals surface area (Å²) in [6, 6.07) is 10.7. The van der Waals surface area contributed by atoms with Crippen LogP contribution in [0.1, 0.15) is 25.0 Å². The number of ether oxygens (including phenoxy) is 2. The number of rotatable bonds is 7. The largest absolute Gasteiger partial charge is 0.490 e. The number of thioether (sulfide) groups is 1. The molecule has 1 heterocycles. The van der Waals surface area contributed by atoms with Crippen molar-refractivity contribution in [2.45, 2.75) is 20.5 Å². The van der Waals surface area contributed by atoms with Gasteiger partial charge in [0.05, 0.1) is 16.5 Å². The SMILES string of the molecule is CCOc1cc(/C=C2/SC(=O)N(CC)C2=O)cc(Cl)c1OCc1ccc(Cl)cc1. The molecule has 8 heteroatoms. The standard InChI is InChI=1S/C21H19Cl2NO4S/c1-3-24-20(25)18(29-21(24)26)11-14-9-16(23)19(17(10-14)27-4-2)28-12-13-5-7-15(22)8-6-13/h5-11H,3-4,12H2,1-2H3/b18-11+. The molecule has 1 fully saturated rings. The molecule has 1 aliphatic rings. The molecule has 29 heavy (non-hydrogen) atoms. The number of imide groups is 1. The first-order valence-electron chi connectivity index (χ1n) is 9.01. The molecule has 3 rings (SSSR count). The number of hydrogen-bond acceptors (Lipinski definition) is 5. The maximum atomic E-state index is 12.3. The maximum Gasteiger partial charge on any atom is 0.293 e. The average molecular weight is 452 g/mol. The second-order valence-electron chi connectivity index (χ2n) is 6.10. The van der Waals surface area contributed by atoms with E-state index >= 15 is 0 Å². The molecule has 0 saturated carbocycles. The first-order valence-corrected chi connectivity index (χ1v) is 10.6. The summed E-state index contributed by atoms with van der Waals surface area (Å²) in [5, 5.41) is 0.729. The molecule has 0 bridgehead atoms. The van der Waals surface area contributed by atoms with Crippen molar-refractivity contribution in [2.24, 2.45) is 0 Å². The highest BCUT2D eigenvalue weighted by Crippen LogP contribution is 2.39. The lowest BCUT2D eigenvalue weighted by atomic mass is 10.1. The lowest BCUT2D eigenvalue weighted by Crippen LogP contribution is -2.27. The quantitative estimate of drug-likeness (QED) is 0.481. The van der Waals surface area contributed by atoms with Gasteiger partial charge in [0, 0.05) is 11.6 Å². The molecule has 0 spiro atoms. The van der Waals surface area contributed by atoms with E-state index in [9.17, 15) is 9.59 Å². The van der Waals surface area contributed by atoms with Crippen molar-refractivity contribution in [3.05, 3.63) is 62.5 Å². The predicted molar refractivity (Wildman–Crippen MR) is 117 cm³/mol. The molecular weight excluding hydrogens is 433 g/mol. The number of halogens is 2. The van der Waals surface area contributed by atoms with Crippen molar-refractivity contribution in [3.63, 3.8) is 0 Å². The van der Waals surface area contributed by atoms with Crippen LogP contribution in [0.2, 0.25) is 10.0 Å². The van der Waals surface area contributed by atoms with Crippen LogP contribution in [0.25, 0.3) is 6.08 Å². The van der Waals surface area contributed by atoms with E-state index in [0.717, 1.165) is 17.3 Å². The number of carbonyl (C=O) groups is 2. The minimum Gasteiger partial charge on any atom is -0.490 e. The van der Waals surface area contributed by atoms with Gasteiger partial charge in [-0.3, -0.25) is 14.5 Å². The van der Waals surface area contributed by atoms with E-state index in [4.69, 9.17) is 32.7 Å². The summed E-state index contributed by atoms with van der Waals surface area (Å²) in [5.41, 5.74) is 1.59. The van der Waals surface area contributed by atoms with Gasteiger partial charge in [0.15, 0.2) is 11.5 Å². The van der Waals surface area contributed by atoms with Crippen molar-refractivity contribution in [1.82, 2.24) is 4.90 Å². The second-order valence-corrected chi connectivity index (χ2v) is 7.94. The maximum absolute atomic E-state index is 12.3. The van der Waals surface area contributed by atoms with Crippen LogP contribution in [-0.4, -0.2) is 29.2 Å². The van der Waals surface area contributed by atoms with Crippen LogP contribution >= 0.6 is 35.0 Å². The molecule has 0 N–H and O–H groups in total. The number of likely N-dealkylation sites (N-methyl/N-ethyl adjacent to an activating group) is 1. The Bertz CT molecular complexity index is 960. The summed E-state index contributed by atoms with van der Waals surface area (Å²) in [4.78, 5) is 25.8. The van der Waals surface area contributed by atoms with Crippen LogP contribution in [-0.2, 0) is 11.4 Å². The van der Waals surface area contributed by atoms with Crippen molar-refractivity contribution >= 4 is 52.2 Å². The van der Waals surface area contributed by atoms with Gasteiger partial charge in [-0.25, -0.2) is 0 Å². The third-order valence-electron chi connectivity index (χ3n) is 4.12. The summed E-state index contributed by atoms with van der Waals surface area (Å²) in [7, 11) is 0. The van der Waals surface area contributed by atoms with E-state index in [1.165, 1.54) is 4.90 Å². The topological polar surface area (TPSA) is 55.8 Å². The summed E-state index contributed by atoms with van der Waals surface area (Å²) in [6.07, 6.45) is 1.64. The molecule has 0 atom stereocenters. The van der Waals surface area contributed by atoms with Crippen LogP contribution < -0.4 is 9.47 Å². The highest BCUT2D eigenvalue weighted by Gasteiger charge is 2.33. The van der Waals surface area contributed by atoms with Gasteiger partial charge < -0.3 is 9.47 Å². The molecule has 2 amide bonds. The van der Waals surface area contributed by atoms with Gasteiger partial charge in [-0.05, 0) is 67.1 Å². The van der Waals surface area contributed by atoms with Crippen LogP contribution in [0.3, 0.4) is 0 Å². The summed E-state index contributed by atoms with van der Waals surface area (Å²) >= 11 is 13.3. The van der Waals surface area contributed by atoms with Gasteiger partial charge in [0.1, 0.15) is 6.61 Å². The van der Waals surface area contributed by atoms with E-state index in [1.807, 2.05) is 19.1 Å². The third-order valence-corrected chi connectivity index (χ3v) is 5.56. The first kappa shape index (κ1) is 21.6. The van der Waals surface area contributed by atoms with Crippen molar-refractivity contribution in [2.75, 3.05) is 13.2 Å². The lowest BCUT2D eigenvalue weighted by Gasteiger charge is -2.15. The van der Waals surface area contributed by atoms with E-state index in [2.05, 4.69) is 0 Å². The van der Waals surface area contributed by atoms with E-state index in [1.54, 1.807) is 37.3 Å². The van der Waals surface area contributed by atoms with Crippen LogP contribution in [0, 0.1) is 0 Å². The molecule has 152 valence electrons. The molecule has 0 radical (unpaired) electrons. The Morgan fingerprint density at radius 1 is 1.07 bits per heavy atom. The van der Waals surface area contributed by atoms with Crippen LogP contribution in [0.5, 0.6) is 11.5 Å². The fourth-order valence-corrected chi connectivity index (χ4v) is 4.04. The minimum absolute atomic E-state index is 0.275. The Morgan fingerprint density at radius 3 is 2.41 bits per heavy atom. The average Bonchev–Trinajstić information content (AvgIpc) is 2.95. The predicted octanol–water partition coefficient (Wildman–Crippen LogP) is 6.03. The van der Waals surface area contributed by atoms with Gasteiger partial charge >= 0.3 is 0 Å². The Kier molecular flexibility index (Phi) is 7.11. The van der Waals surface area contributed by atoms with Gasteiger partial charge in [-0.2, -0.15) is 0 Å². The number of carbonyl (C=O) groups excluding carboxylic acids is 2. The zero-order chi connectivity index (χ0) is 21.0. The highest BCUT2D eigenvalue weighted by atomic mass is 35.5. The molecule has 1 aliphatic heterocycles. The smallest absolute Gasteiger partial charge is 0.293 e. The molecule has 5 nitrogen and oxygen atoms in total. The first-order chi connectivity index (χ1) is 13.9. The Hall–Kier alpha value is -2.15. The number of amides is 2. The normalized spacial score (nSPS) is 15.3. The number of hydrogen-bond donors (Lipinski definition) is 0. The summed E-state index contributed by atoms with van der Waals surface area (Å²) < 4.78 is 11.6. The van der Waals surface area contributed by atoms with Gasteiger partial charge in [0.2, 0.25) is 0 Å². The Labute approximate surface area is 183 Å². The third kappa shape index (κ3) is 5.07. The van der Waals surface area contributed by atoms with Crippen molar-refractivity contribution in [3.8, 4) is 11.5 Å². The summed E-state index contributed by atoms with van der Waals surface area (Å²) in [6.45, 7) is 4.67. The minimum atomic E-state index is -0.306. The number of nitrogens with zero attached hydrogens (tertiary/aromatic N) is 1. The molecule has 0 aromatic heterocycles. The second kappa shape index (κ2) is 9.57. The van der Waals surface area contributed by atoms with E-state index in [-0.39, 0.29) is 11.1 Å². The molecule has 0 aliphatic carbocycles. The Balaban J connectivity index is 1.86. The lowest BCUT2D eigenvalue weighted by molar-refractivity contribution is -0.122. The molecule has 0 unspecified atom stereocenters. The van der Waals surface area contributed by atoms with Crippen molar-refractivity contribution in [1.29, 1.82) is 0 Å². The molecule has 2 aromatic carbocycles. The van der Waals surface area contributed by atoms with Crippen LogP contribution in [0.15, 0.2) is 41.3 Å². The van der Waals surface area contributed by atoms with Gasteiger partial charge in [-0.1, -0.05) is 35.3 Å². The van der Waals surface area contributed by atoms with Gasteiger partial charge in [-0.15, -0.1) is 0 Å². The fourth-order valence-electron chi connectivity index (χ4n) is 2.73. The molecule has 1 saturated heterocycles. The highest BCUT2D eigenvalue weighted by molar-refractivity contribution is 8.18. The van der Waals surface area contributed by atoms with Crippen molar-refractivity contribution < 1.29 is 19.1 Å². The van der Waals surface area contributed by atoms with E-state index < -0.39 is 0 Å².